The second-order valence-electron chi connectivity index (χ2n) is 5.36. The van der Waals surface area contributed by atoms with Gasteiger partial charge in [0, 0.05) is 18.7 Å². The van der Waals surface area contributed by atoms with Gasteiger partial charge < -0.3 is 10.0 Å². The molecule has 21 heavy (non-hydrogen) atoms. The van der Waals surface area contributed by atoms with Crippen LogP contribution in [0, 0.1) is 17.7 Å². The number of carbonyl (C=O) groups excluding carboxylic acids is 1. The van der Waals surface area contributed by atoms with E-state index in [1.165, 1.54) is 18.6 Å². The van der Waals surface area contributed by atoms with Gasteiger partial charge in [-0.3, -0.25) is 4.79 Å². The summed E-state index contributed by atoms with van der Waals surface area (Å²) in [7, 11) is 1.79. The molecule has 1 aromatic carbocycles. The van der Waals surface area contributed by atoms with Crippen LogP contribution in [0.4, 0.5) is 4.39 Å². The molecule has 0 radical (unpaired) electrons. The van der Waals surface area contributed by atoms with E-state index in [0.717, 1.165) is 25.7 Å². The van der Waals surface area contributed by atoms with Crippen molar-refractivity contribution in [3.63, 3.8) is 0 Å². The molecule has 2 rings (SSSR count). The molecule has 1 saturated carbocycles. The van der Waals surface area contributed by atoms with Crippen molar-refractivity contribution in [3.05, 3.63) is 35.1 Å². The van der Waals surface area contributed by atoms with Gasteiger partial charge in [-0.05, 0) is 31.0 Å². The zero-order valence-corrected chi connectivity index (χ0v) is 12.2. The van der Waals surface area contributed by atoms with Gasteiger partial charge in [-0.15, -0.1) is 0 Å². The summed E-state index contributed by atoms with van der Waals surface area (Å²) in [4.78, 5) is 14.1. The van der Waals surface area contributed by atoms with Gasteiger partial charge in [0.1, 0.15) is 12.4 Å². The lowest BCUT2D eigenvalue weighted by Crippen LogP contribution is -2.38. The maximum absolute atomic E-state index is 13.9. The second kappa shape index (κ2) is 7.24. The monoisotopic (exact) mass is 289 g/mol. The van der Waals surface area contributed by atoms with Crippen molar-refractivity contribution in [2.24, 2.45) is 0 Å². The lowest BCUT2D eigenvalue weighted by Gasteiger charge is -2.31. The number of hydrogen-bond donors (Lipinski definition) is 1. The van der Waals surface area contributed by atoms with Gasteiger partial charge >= 0.3 is 0 Å². The fourth-order valence-electron chi connectivity index (χ4n) is 2.72. The first-order chi connectivity index (χ1) is 10.1. The highest BCUT2D eigenvalue weighted by Crippen LogP contribution is 2.23. The highest BCUT2D eigenvalue weighted by molar-refractivity contribution is 5.94. The molecule has 3 nitrogen and oxygen atoms in total. The zero-order valence-electron chi connectivity index (χ0n) is 12.2. The van der Waals surface area contributed by atoms with Crippen LogP contribution in [0.5, 0.6) is 0 Å². The molecule has 0 atom stereocenters. The van der Waals surface area contributed by atoms with Gasteiger partial charge in [-0.25, -0.2) is 4.39 Å². The van der Waals surface area contributed by atoms with Crippen molar-refractivity contribution in [2.45, 2.75) is 38.1 Å². The number of nitrogens with zero attached hydrogens (tertiary/aromatic N) is 1. The highest BCUT2D eigenvalue weighted by atomic mass is 19.1. The van der Waals surface area contributed by atoms with Gasteiger partial charge in [-0.2, -0.15) is 0 Å². The second-order valence-corrected chi connectivity index (χ2v) is 5.36. The quantitative estimate of drug-likeness (QED) is 0.850. The van der Waals surface area contributed by atoms with E-state index in [1.54, 1.807) is 18.0 Å². The third kappa shape index (κ3) is 3.83. The minimum Gasteiger partial charge on any atom is -0.384 e. The molecule has 112 valence electrons. The first kappa shape index (κ1) is 15.5. The molecule has 1 aliphatic rings. The largest absolute Gasteiger partial charge is 0.384 e. The van der Waals surface area contributed by atoms with Gasteiger partial charge in [0.25, 0.3) is 5.91 Å². The summed E-state index contributed by atoms with van der Waals surface area (Å²) in [6, 6.07) is 4.55. The molecule has 0 aromatic heterocycles. The molecular formula is C17H20FNO2. The van der Waals surface area contributed by atoms with Gasteiger partial charge in [0.2, 0.25) is 0 Å². The number of aliphatic hydroxyl groups is 1. The maximum atomic E-state index is 13.9. The molecule has 4 heteroatoms. The zero-order chi connectivity index (χ0) is 15.2. The van der Waals surface area contributed by atoms with Crippen LogP contribution in [0.15, 0.2) is 18.2 Å². The molecule has 0 spiro atoms. The van der Waals surface area contributed by atoms with E-state index in [0.29, 0.717) is 5.56 Å². The van der Waals surface area contributed by atoms with Crippen LogP contribution in [0.3, 0.4) is 0 Å². The Kier molecular flexibility index (Phi) is 5.35. The lowest BCUT2D eigenvalue weighted by molar-refractivity contribution is 0.0696. The van der Waals surface area contributed by atoms with E-state index < -0.39 is 5.82 Å². The molecule has 0 bridgehead atoms. The predicted molar refractivity (Wildman–Crippen MR) is 79.3 cm³/mol. The third-order valence-electron chi connectivity index (χ3n) is 3.96. The molecule has 1 N–H and O–H groups in total. The molecule has 0 unspecified atom stereocenters. The Labute approximate surface area is 124 Å². The minimum absolute atomic E-state index is 0.150. The summed E-state index contributed by atoms with van der Waals surface area (Å²) < 4.78 is 13.9. The summed E-state index contributed by atoms with van der Waals surface area (Å²) >= 11 is 0. The van der Waals surface area contributed by atoms with E-state index in [1.807, 2.05) is 0 Å². The van der Waals surface area contributed by atoms with Crippen molar-refractivity contribution in [1.82, 2.24) is 4.90 Å². The summed E-state index contributed by atoms with van der Waals surface area (Å²) in [5.74, 6) is 4.24. The minimum atomic E-state index is -0.529. The van der Waals surface area contributed by atoms with E-state index in [2.05, 4.69) is 11.8 Å². The van der Waals surface area contributed by atoms with Crippen LogP contribution in [0.2, 0.25) is 0 Å². The molecule has 1 aliphatic carbocycles. The smallest absolute Gasteiger partial charge is 0.253 e. The fraction of sp³-hybridized carbons (Fsp3) is 0.471. The van der Waals surface area contributed by atoms with Crippen molar-refractivity contribution in [2.75, 3.05) is 13.7 Å². The topological polar surface area (TPSA) is 40.5 Å². The number of amides is 1. The number of halogens is 1. The maximum Gasteiger partial charge on any atom is 0.253 e. The molecule has 1 amide bonds. The predicted octanol–water partition coefficient (Wildman–Crippen LogP) is 2.57. The number of aliphatic hydroxyl groups excluding tert-OH is 1. The molecule has 1 aromatic rings. The summed E-state index contributed by atoms with van der Waals surface area (Å²) in [5, 5.41) is 8.62. The van der Waals surface area contributed by atoms with Gasteiger partial charge in [0.15, 0.2) is 0 Å². The standard InChI is InChI=1S/C17H20FNO2/c1-19(15-7-3-2-4-8-15)17(21)14-10-9-13(6-5-11-20)16(18)12-14/h9-10,12,15,20H,2-4,7-8,11H2,1H3. The van der Waals surface area contributed by atoms with E-state index in [-0.39, 0.29) is 24.1 Å². The molecule has 0 saturated heterocycles. The third-order valence-corrected chi connectivity index (χ3v) is 3.96. The van der Waals surface area contributed by atoms with Crippen molar-refractivity contribution < 1.29 is 14.3 Å². The average Bonchev–Trinajstić information content (AvgIpc) is 2.53. The Morgan fingerprint density at radius 2 is 2.10 bits per heavy atom. The van der Waals surface area contributed by atoms with E-state index in [9.17, 15) is 9.18 Å². The van der Waals surface area contributed by atoms with Gasteiger partial charge in [-0.1, -0.05) is 31.1 Å². The normalized spacial score (nSPS) is 15.2. The number of benzene rings is 1. The van der Waals surface area contributed by atoms with Crippen LogP contribution >= 0.6 is 0 Å². The fourth-order valence-corrected chi connectivity index (χ4v) is 2.72. The number of carbonyl (C=O) groups is 1. The van der Waals surface area contributed by atoms with Crippen LogP contribution in [0.25, 0.3) is 0 Å². The first-order valence-corrected chi connectivity index (χ1v) is 7.30. The van der Waals surface area contributed by atoms with E-state index >= 15 is 0 Å². The highest BCUT2D eigenvalue weighted by Gasteiger charge is 2.23. The van der Waals surface area contributed by atoms with E-state index in [4.69, 9.17) is 5.11 Å². The van der Waals surface area contributed by atoms with Crippen molar-refractivity contribution in [1.29, 1.82) is 0 Å². The molecule has 0 heterocycles. The Hall–Kier alpha value is -1.86. The summed E-state index contributed by atoms with van der Waals surface area (Å²) in [6.07, 6.45) is 5.56. The Morgan fingerprint density at radius 3 is 2.71 bits per heavy atom. The molecule has 1 fully saturated rings. The Morgan fingerprint density at radius 1 is 1.38 bits per heavy atom. The van der Waals surface area contributed by atoms with Crippen LogP contribution in [-0.4, -0.2) is 35.6 Å². The molecular weight excluding hydrogens is 269 g/mol. The van der Waals surface area contributed by atoms with Crippen molar-refractivity contribution >= 4 is 5.91 Å². The van der Waals surface area contributed by atoms with Crippen molar-refractivity contribution in [3.8, 4) is 11.8 Å². The number of rotatable bonds is 2. The first-order valence-electron chi connectivity index (χ1n) is 7.30. The van der Waals surface area contributed by atoms with Crippen LogP contribution in [0.1, 0.15) is 48.0 Å². The molecule has 0 aliphatic heterocycles. The number of hydrogen-bond acceptors (Lipinski definition) is 2. The lowest BCUT2D eigenvalue weighted by atomic mass is 9.94. The SMILES string of the molecule is CN(C(=O)c1ccc(C#CCO)c(F)c1)C1CCCCC1. The van der Waals surface area contributed by atoms with Crippen LogP contribution < -0.4 is 0 Å². The Bertz CT molecular complexity index is 568. The van der Waals surface area contributed by atoms with Crippen LogP contribution in [-0.2, 0) is 0 Å². The van der Waals surface area contributed by atoms with Gasteiger partial charge in [0.05, 0.1) is 5.56 Å². The Balaban J connectivity index is 2.13. The summed E-state index contributed by atoms with van der Waals surface area (Å²) in [5.41, 5.74) is 0.538. The average molecular weight is 289 g/mol. The summed E-state index contributed by atoms with van der Waals surface area (Å²) in [6.45, 7) is -0.315.